The highest BCUT2D eigenvalue weighted by molar-refractivity contribution is 5.85. The van der Waals surface area contributed by atoms with E-state index in [9.17, 15) is 5.11 Å². The van der Waals surface area contributed by atoms with Crippen LogP contribution in [-0.2, 0) is 19.4 Å². The van der Waals surface area contributed by atoms with Crippen LogP contribution < -0.4 is 9.47 Å². The van der Waals surface area contributed by atoms with Crippen molar-refractivity contribution in [3.63, 3.8) is 0 Å². The first-order valence-electron chi connectivity index (χ1n) is 9.41. The minimum atomic E-state index is -0.523. The molecule has 2 aromatic rings. The van der Waals surface area contributed by atoms with E-state index in [-0.39, 0.29) is 24.6 Å². The van der Waals surface area contributed by atoms with E-state index >= 15 is 0 Å². The summed E-state index contributed by atoms with van der Waals surface area (Å²) in [4.78, 5) is 2.30. The van der Waals surface area contributed by atoms with Crippen LogP contribution in [-0.4, -0.2) is 41.4 Å². The first-order valence-corrected chi connectivity index (χ1v) is 9.41. The van der Waals surface area contributed by atoms with Gasteiger partial charge in [-0.1, -0.05) is 36.4 Å². The van der Waals surface area contributed by atoms with Crippen LogP contribution in [0.5, 0.6) is 11.5 Å². The lowest BCUT2D eigenvalue weighted by molar-refractivity contribution is 0.0608. The summed E-state index contributed by atoms with van der Waals surface area (Å²) in [6.07, 6.45) is 1.40. The van der Waals surface area contributed by atoms with Crippen molar-refractivity contribution in [2.24, 2.45) is 0 Å². The molecule has 2 aromatic carbocycles. The third-order valence-corrected chi connectivity index (χ3v) is 5.16. The SMILES string of the molecule is CC1(C)Cc2cccc(OCC(O)CN3CCc4ccccc4C3)c2O1.Cl. The quantitative estimate of drug-likeness (QED) is 0.848. The molecule has 1 atom stereocenters. The number of β-amino-alcohol motifs (C(OH)–C–C–N with tert-alkyl or cyclic N) is 1. The zero-order valence-corrected chi connectivity index (χ0v) is 16.8. The fourth-order valence-corrected chi connectivity index (χ4v) is 3.95. The maximum absolute atomic E-state index is 10.5. The molecule has 0 spiro atoms. The zero-order valence-electron chi connectivity index (χ0n) is 16.0. The highest BCUT2D eigenvalue weighted by Crippen LogP contribution is 2.41. The van der Waals surface area contributed by atoms with E-state index in [0.717, 1.165) is 37.4 Å². The number of para-hydroxylation sites is 1. The molecular formula is C22H28ClNO3. The molecule has 5 heteroatoms. The number of aliphatic hydroxyl groups excluding tert-OH is 1. The van der Waals surface area contributed by atoms with Gasteiger partial charge in [0.15, 0.2) is 11.5 Å². The van der Waals surface area contributed by atoms with Crippen molar-refractivity contribution in [3.05, 3.63) is 59.2 Å². The summed E-state index contributed by atoms with van der Waals surface area (Å²) in [6, 6.07) is 14.5. The van der Waals surface area contributed by atoms with Crippen LogP contribution in [0.15, 0.2) is 42.5 Å². The van der Waals surface area contributed by atoms with E-state index < -0.39 is 6.10 Å². The summed E-state index contributed by atoms with van der Waals surface area (Å²) >= 11 is 0. The minimum Gasteiger partial charge on any atom is -0.487 e. The molecule has 1 N–H and O–H groups in total. The molecule has 1 unspecified atom stereocenters. The highest BCUT2D eigenvalue weighted by Gasteiger charge is 2.32. The highest BCUT2D eigenvalue weighted by atomic mass is 35.5. The van der Waals surface area contributed by atoms with Crippen LogP contribution in [0.25, 0.3) is 0 Å². The smallest absolute Gasteiger partial charge is 0.165 e. The van der Waals surface area contributed by atoms with Gasteiger partial charge >= 0.3 is 0 Å². The van der Waals surface area contributed by atoms with E-state index in [2.05, 4.69) is 49.1 Å². The Labute approximate surface area is 167 Å². The van der Waals surface area contributed by atoms with Gasteiger partial charge in [-0.2, -0.15) is 0 Å². The van der Waals surface area contributed by atoms with Crippen LogP contribution in [0.2, 0.25) is 0 Å². The average molecular weight is 390 g/mol. The van der Waals surface area contributed by atoms with Crippen molar-refractivity contribution in [1.29, 1.82) is 0 Å². The summed E-state index contributed by atoms with van der Waals surface area (Å²) in [5.41, 5.74) is 3.77. The first-order chi connectivity index (χ1) is 12.5. The molecule has 0 saturated heterocycles. The molecule has 0 saturated carbocycles. The van der Waals surface area contributed by atoms with Gasteiger partial charge in [0, 0.05) is 31.6 Å². The summed E-state index contributed by atoms with van der Waals surface area (Å²) in [7, 11) is 0. The maximum atomic E-state index is 10.5. The Hall–Kier alpha value is -1.75. The van der Waals surface area contributed by atoms with E-state index in [0.29, 0.717) is 6.54 Å². The summed E-state index contributed by atoms with van der Waals surface area (Å²) in [6.45, 7) is 6.94. The number of fused-ring (bicyclic) bond motifs is 2. The van der Waals surface area contributed by atoms with E-state index in [1.807, 2.05) is 12.1 Å². The van der Waals surface area contributed by atoms with E-state index in [4.69, 9.17) is 9.47 Å². The second-order valence-corrected chi connectivity index (χ2v) is 8.00. The van der Waals surface area contributed by atoms with E-state index in [1.165, 1.54) is 16.7 Å². The van der Waals surface area contributed by atoms with Crippen LogP contribution >= 0.6 is 12.4 Å². The predicted molar refractivity (Wildman–Crippen MR) is 109 cm³/mol. The average Bonchev–Trinajstić information content (AvgIpc) is 2.94. The van der Waals surface area contributed by atoms with Gasteiger partial charge in [-0.3, -0.25) is 4.90 Å². The predicted octanol–water partition coefficient (Wildman–Crippen LogP) is 3.62. The molecule has 0 bridgehead atoms. The van der Waals surface area contributed by atoms with Crippen molar-refractivity contribution in [2.75, 3.05) is 19.7 Å². The van der Waals surface area contributed by atoms with Crippen LogP contribution in [0.1, 0.15) is 30.5 Å². The van der Waals surface area contributed by atoms with Crippen LogP contribution in [0.4, 0.5) is 0 Å². The van der Waals surface area contributed by atoms with Gasteiger partial charge < -0.3 is 14.6 Å². The minimum absolute atomic E-state index is 0. The second-order valence-electron chi connectivity index (χ2n) is 8.00. The molecule has 146 valence electrons. The number of nitrogens with zero attached hydrogens (tertiary/aromatic N) is 1. The number of hydrogen-bond acceptors (Lipinski definition) is 4. The lowest BCUT2D eigenvalue weighted by Crippen LogP contribution is -2.38. The number of hydrogen-bond donors (Lipinski definition) is 1. The number of halogens is 1. The van der Waals surface area contributed by atoms with Crippen molar-refractivity contribution < 1.29 is 14.6 Å². The second kappa shape index (κ2) is 8.09. The molecule has 2 aliphatic heterocycles. The van der Waals surface area contributed by atoms with Gasteiger partial charge in [0.2, 0.25) is 0 Å². The van der Waals surface area contributed by atoms with Gasteiger partial charge in [0.25, 0.3) is 0 Å². The van der Waals surface area contributed by atoms with E-state index in [1.54, 1.807) is 0 Å². The van der Waals surface area contributed by atoms with Gasteiger partial charge in [-0.25, -0.2) is 0 Å². The topological polar surface area (TPSA) is 41.9 Å². The molecule has 2 aliphatic rings. The Kier molecular flexibility index (Phi) is 5.99. The molecule has 27 heavy (non-hydrogen) atoms. The Morgan fingerprint density at radius 2 is 1.85 bits per heavy atom. The first kappa shape index (κ1) is 20.0. The number of rotatable bonds is 5. The summed E-state index contributed by atoms with van der Waals surface area (Å²) in [5.74, 6) is 1.56. The van der Waals surface area contributed by atoms with Crippen LogP contribution in [0, 0.1) is 0 Å². The molecule has 2 heterocycles. The van der Waals surface area contributed by atoms with Gasteiger partial charge in [0.1, 0.15) is 18.3 Å². The van der Waals surface area contributed by atoms with Crippen molar-refractivity contribution >= 4 is 12.4 Å². The standard InChI is InChI=1S/C22H27NO3.ClH/c1-22(2)12-17-8-5-9-20(21(17)26-22)25-15-19(24)14-23-11-10-16-6-3-4-7-18(16)13-23;/h3-9,19,24H,10-15H2,1-2H3;1H. The Morgan fingerprint density at radius 1 is 1.11 bits per heavy atom. The van der Waals surface area contributed by atoms with Gasteiger partial charge in [0.05, 0.1) is 0 Å². The van der Waals surface area contributed by atoms with Crippen molar-refractivity contribution in [2.45, 2.75) is 44.9 Å². The van der Waals surface area contributed by atoms with Crippen LogP contribution in [0.3, 0.4) is 0 Å². The normalized spacial score (nSPS) is 18.6. The third-order valence-electron chi connectivity index (χ3n) is 5.16. The third kappa shape index (κ3) is 4.57. The number of aliphatic hydroxyl groups is 1. The monoisotopic (exact) mass is 389 g/mol. The van der Waals surface area contributed by atoms with Gasteiger partial charge in [-0.05, 0) is 37.5 Å². The number of benzene rings is 2. The summed E-state index contributed by atoms with van der Waals surface area (Å²) in [5, 5.41) is 10.5. The molecule has 0 fully saturated rings. The summed E-state index contributed by atoms with van der Waals surface area (Å²) < 4.78 is 11.9. The molecule has 0 amide bonds. The maximum Gasteiger partial charge on any atom is 0.165 e. The van der Waals surface area contributed by atoms with Crippen molar-refractivity contribution in [1.82, 2.24) is 4.90 Å². The molecule has 0 aliphatic carbocycles. The zero-order chi connectivity index (χ0) is 18.1. The molecule has 0 radical (unpaired) electrons. The Balaban J connectivity index is 0.00000210. The fraction of sp³-hybridized carbons (Fsp3) is 0.455. The lowest BCUT2D eigenvalue weighted by Gasteiger charge is -2.30. The molecule has 4 nitrogen and oxygen atoms in total. The lowest BCUT2D eigenvalue weighted by atomic mass is 10.00. The Bertz CT molecular complexity index is 793. The fourth-order valence-electron chi connectivity index (χ4n) is 3.95. The number of ether oxygens (including phenoxy) is 2. The molecule has 4 rings (SSSR count). The van der Waals surface area contributed by atoms with Gasteiger partial charge in [-0.15, -0.1) is 12.4 Å². The molecule has 0 aromatic heterocycles. The molecular weight excluding hydrogens is 362 g/mol. The Morgan fingerprint density at radius 3 is 2.67 bits per heavy atom. The van der Waals surface area contributed by atoms with Crippen molar-refractivity contribution in [3.8, 4) is 11.5 Å². The largest absolute Gasteiger partial charge is 0.487 e.